The number of hydrogen-bond donors (Lipinski definition) is 1. The Labute approximate surface area is 77.3 Å². The highest BCUT2D eigenvalue weighted by Gasteiger charge is 1.99. The van der Waals surface area contributed by atoms with E-state index >= 15 is 0 Å². The summed E-state index contributed by atoms with van der Waals surface area (Å²) < 4.78 is 6.88. The second kappa shape index (κ2) is 5.66. The first-order valence-electron chi connectivity index (χ1n) is 4.44. The van der Waals surface area contributed by atoms with E-state index in [2.05, 4.69) is 17.2 Å². The molecule has 1 heterocycles. The summed E-state index contributed by atoms with van der Waals surface area (Å²) in [5.41, 5.74) is 0.807. The summed E-state index contributed by atoms with van der Waals surface area (Å²) in [5, 5.41) is 16.3. The molecule has 1 aromatic rings. The molecule has 0 spiro atoms. The van der Waals surface area contributed by atoms with E-state index in [1.54, 1.807) is 10.9 Å². The van der Waals surface area contributed by atoms with Gasteiger partial charge in [0, 0.05) is 6.61 Å². The molecule has 0 radical (unpaired) electrons. The first-order valence-corrected chi connectivity index (χ1v) is 4.44. The number of aromatic nitrogens is 3. The SMILES string of the molecule is CCCOCc1cn(CCO)nn1. The third-order valence-electron chi connectivity index (χ3n) is 1.51. The Hall–Kier alpha value is -0.940. The summed E-state index contributed by atoms with van der Waals surface area (Å²) in [6.07, 6.45) is 2.79. The van der Waals surface area contributed by atoms with Crippen LogP contribution in [0.25, 0.3) is 0 Å². The minimum absolute atomic E-state index is 0.0820. The first-order chi connectivity index (χ1) is 6.36. The predicted molar refractivity (Wildman–Crippen MR) is 47.1 cm³/mol. The molecule has 0 atom stereocenters. The van der Waals surface area contributed by atoms with Crippen molar-refractivity contribution in [3.63, 3.8) is 0 Å². The Bertz CT molecular complexity index is 237. The molecule has 13 heavy (non-hydrogen) atoms. The van der Waals surface area contributed by atoms with Crippen LogP contribution in [0.3, 0.4) is 0 Å². The van der Waals surface area contributed by atoms with Crippen LogP contribution >= 0.6 is 0 Å². The zero-order valence-electron chi connectivity index (χ0n) is 7.81. The maximum absolute atomic E-state index is 8.62. The molecule has 1 rings (SSSR count). The second-order valence-electron chi connectivity index (χ2n) is 2.75. The maximum Gasteiger partial charge on any atom is 0.108 e. The predicted octanol–water partition coefficient (Wildman–Crippen LogP) is 0.197. The molecule has 5 nitrogen and oxygen atoms in total. The molecule has 0 saturated heterocycles. The summed E-state index contributed by atoms with van der Waals surface area (Å²) in [4.78, 5) is 0. The van der Waals surface area contributed by atoms with Gasteiger partial charge in [-0.1, -0.05) is 12.1 Å². The third-order valence-corrected chi connectivity index (χ3v) is 1.51. The molecule has 0 amide bonds. The lowest BCUT2D eigenvalue weighted by atomic mass is 10.5. The van der Waals surface area contributed by atoms with Gasteiger partial charge in [0.25, 0.3) is 0 Å². The Morgan fingerprint density at radius 2 is 2.46 bits per heavy atom. The van der Waals surface area contributed by atoms with Crippen molar-refractivity contribution in [2.45, 2.75) is 26.5 Å². The van der Waals surface area contributed by atoms with Gasteiger partial charge in [0.05, 0.1) is 26.0 Å². The van der Waals surface area contributed by atoms with Crippen LogP contribution in [0.15, 0.2) is 6.20 Å². The average Bonchev–Trinajstić information content (AvgIpc) is 2.54. The van der Waals surface area contributed by atoms with E-state index in [1.165, 1.54) is 0 Å². The van der Waals surface area contributed by atoms with Gasteiger partial charge < -0.3 is 9.84 Å². The van der Waals surface area contributed by atoms with E-state index < -0.39 is 0 Å². The molecule has 0 aromatic carbocycles. The Balaban J connectivity index is 2.31. The number of ether oxygens (including phenoxy) is 1. The molecule has 0 aliphatic rings. The highest BCUT2D eigenvalue weighted by atomic mass is 16.5. The van der Waals surface area contributed by atoms with Crippen molar-refractivity contribution in [1.29, 1.82) is 0 Å². The molecule has 0 bridgehead atoms. The molecular formula is C8H15N3O2. The van der Waals surface area contributed by atoms with E-state index in [9.17, 15) is 0 Å². The largest absolute Gasteiger partial charge is 0.394 e. The Kier molecular flexibility index (Phi) is 4.42. The van der Waals surface area contributed by atoms with Crippen LogP contribution in [0.4, 0.5) is 0 Å². The molecule has 74 valence electrons. The minimum atomic E-state index is 0.0820. The fraction of sp³-hybridized carbons (Fsp3) is 0.750. The summed E-state index contributed by atoms with van der Waals surface area (Å²) in [5.74, 6) is 0. The number of aliphatic hydroxyl groups is 1. The summed E-state index contributed by atoms with van der Waals surface area (Å²) in [7, 11) is 0. The molecule has 5 heteroatoms. The molecule has 1 N–H and O–H groups in total. The summed E-state index contributed by atoms with van der Waals surface area (Å²) >= 11 is 0. The van der Waals surface area contributed by atoms with Gasteiger partial charge in [-0.25, -0.2) is 4.68 Å². The number of nitrogens with zero attached hydrogens (tertiary/aromatic N) is 3. The number of aliphatic hydroxyl groups excluding tert-OH is 1. The van der Waals surface area contributed by atoms with Gasteiger partial charge in [-0.15, -0.1) is 5.10 Å². The second-order valence-corrected chi connectivity index (χ2v) is 2.75. The van der Waals surface area contributed by atoms with Crippen LogP contribution in [0.1, 0.15) is 19.0 Å². The van der Waals surface area contributed by atoms with Crippen LogP contribution in [-0.2, 0) is 17.9 Å². The average molecular weight is 185 g/mol. The van der Waals surface area contributed by atoms with Crippen molar-refractivity contribution in [3.8, 4) is 0 Å². The fourth-order valence-electron chi connectivity index (χ4n) is 0.937. The zero-order chi connectivity index (χ0) is 9.52. The molecule has 0 fully saturated rings. The van der Waals surface area contributed by atoms with Gasteiger partial charge >= 0.3 is 0 Å². The van der Waals surface area contributed by atoms with Crippen molar-refractivity contribution >= 4 is 0 Å². The number of rotatable bonds is 6. The Morgan fingerprint density at radius 3 is 3.15 bits per heavy atom. The van der Waals surface area contributed by atoms with E-state index in [4.69, 9.17) is 9.84 Å². The lowest BCUT2D eigenvalue weighted by molar-refractivity contribution is 0.119. The van der Waals surface area contributed by atoms with Crippen molar-refractivity contribution in [2.75, 3.05) is 13.2 Å². The van der Waals surface area contributed by atoms with Crippen molar-refractivity contribution in [3.05, 3.63) is 11.9 Å². The topological polar surface area (TPSA) is 60.2 Å². The third kappa shape index (κ3) is 3.52. The van der Waals surface area contributed by atoms with Crippen molar-refractivity contribution in [2.24, 2.45) is 0 Å². The molecule has 0 aliphatic heterocycles. The smallest absolute Gasteiger partial charge is 0.108 e. The lowest BCUT2D eigenvalue weighted by Crippen LogP contribution is -2.02. The molecule has 1 aromatic heterocycles. The van der Waals surface area contributed by atoms with Gasteiger partial charge in [-0.3, -0.25) is 0 Å². The monoisotopic (exact) mass is 185 g/mol. The van der Waals surface area contributed by atoms with Gasteiger partial charge in [0.15, 0.2) is 0 Å². The quantitative estimate of drug-likeness (QED) is 0.643. The minimum Gasteiger partial charge on any atom is -0.394 e. The van der Waals surface area contributed by atoms with Crippen LogP contribution < -0.4 is 0 Å². The van der Waals surface area contributed by atoms with E-state index in [0.29, 0.717) is 13.2 Å². The highest BCUT2D eigenvalue weighted by Crippen LogP contribution is 1.96. The van der Waals surface area contributed by atoms with Gasteiger partial charge in [-0.05, 0) is 6.42 Å². The van der Waals surface area contributed by atoms with E-state index in [-0.39, 0.29) is 6.61 Å². The molecular weight excluding hydrogens is 170 g/mol. The standard InChI is InChI=1S/C8H15N3O2/c1-2-5-13-7-8-6-11(3-4-12)10-9-8/h6,12H,2-5,7H2,1H3. The number of hydrogen-bond acceptors (Lipinski definition) is 4. The molecule has 0 unspecified atom stereocenters. The summed E-state index contributed by atoms with van der Waals surface area (Å²) in [6.45, 7) is 3.87. The van der Waals surface area contributed by atoms with Crippen LogP contribution in [0.5, 0.6) is 0 Å². The lowest BCUT2D eigenvalue weighted by Gasteiger charge is -1.96. The van der Waals surface area contributed by atoms with Crippen LogP contribution in [-0.4, -0.2) is 33.3 Å². The maximum atomic E-state index is 8.62. The zero-order valence-corrected chi connectivity index (χ0v) is 7.81. The fourth-order valence-corrected chi connectivity index (χ4v) is 0.937. The van der Waals surface area contributed by atoms with Gasteiger partial charge in [0.1, 0.15) is 5.69 Å². The van der Waals surface area contributed by atoms with Crippen LogP contribution in [0.2, 0.25) is 0 Å². The highest BCUT2D eigenvalue weighted by molar-refractivity contribution is 4.89. The molecule has 0 saturated carbocycles. The van der Waals surface area contributed by atoms with E-state index in [1.807, 2.05) is 0 Å². The van der Waals surface area contributed by atoms with Crippen LogP contribution in [0, 0.1) is 0 Å². The first kappa shape index (κ1) is 10.1. The summed E-state index contributed by atoms with van der Waals surface area (Å²) in [6, 6.07) is 0. The normalized spacial score (nSPS) is 10.6. The van der Waals surface area contributed by atoms with Crippen molar-refractivity contribution < 1.29 is 9.84 Å². The molecule has 0 aliphatic carbocycles. The van der Waals surface area contributed by atoms with Gasteiger partial charge in [0.2, 0.25) is 0 Å². The van der Waals surface area contributed by atoms with Gasteiger partial charge in [-0.2, -0.15) is 0 Å². The van der Waals surface area contributed by atoms with E-state index in [0.717, 1.165) is 18.7 Å². The Morgan fingerprint density at radius 1 is 1.62 bits per heavy atom. The van der Waals surface area contributed by atoms with Crippen molar-refractivity contribution in [1.82, 2.24) is 15.0 Å².